The van der Waals surface area contributed by atoms with Gasteiger partial charge in [0.1, 0.15) is 11.2 Å². The average molecular weight is 606 g/mol. The van der Waals surface area contributed by atoms with E-state index in [1.807, 2.05) is 51.3 Å². The van der Waals surface area contributed by atoms with Gasteiger partial charge >= 0.3 is 31.0 Å². The van der Waals surface area contributed by atoms with E-state index in [1.54, 1.807) is 0 Å². The zero-order valence-electron chi connectivity index (χ0n) is 23.2. The molecule has 2 aliphatic rings. The second-order valence-electron chi connectivity index (χ2n) is 11.4. The van der Waals surface area contributed by atoms with Gasteiger partial charge in [-0.15, -0.1) is 0 Å². The number of rotatable bonds is 2. The molecule has 0 spiro atoms. The van der Waals surface area contributed by atoms with Crippen molar-refractivity contribution in [1.29, 1.82) is 0 Å². The average Bonchev–Trinajstić information content (AvgIpc) is 2.66. The molecule has 34 heavy (non-hydrogen) atoms. The van der Waals surface area contributed by atoms with Gasteiger partial charge in [-0.2, -0.15) is 0 Å². The molecule has 2 heterocycles. The van der Waals surface area contributed by atoms with Gasteiger partial charge in [0.05, 0.1) is 0 Å². The Labute approximate surface area is 239 Å². The number of nitrogens with zero attached hydrogens (tertiary/aromatic N) is 2. The maximum absolute atomic E-state index is 12.0. The Kier molecular flexibility index (Phi) is 17.1. The third kappa shape index (κ3) is 13.4. The molecule has 2 amide bonds. The van der Waals surface area contributed by atoms with E-state index in [-0.39, 0.29) is 48.0 Å². The van der Waals surface area contributed by atoms with Crippen LogP contribution in [0.2, 0.25) is 0 Å². The van der Waals surface area contributed by atoms with E-state index in [0.29, 0.717) is 23.9 Å². The summed E-state index contributed by atoms with van der Waals surface area (Å²) < 4.78 is 10.8. The van der Waals surface area contributed by atoms with Gasteiger partial charge < -0.3 is 36.3 Å². The van der Waals surface area contributed by atoms with Crippen molar-refractivity contribution < 1.29 is 54.9 Å². The summed E-state index contributed by atoms with van der Waals surface area (Å²) >= 11 is 3.49. The molecule has 9 heteroatoms. The third-order valence-electron chi connectivity index (χ3n) is 6.01. The first kappa shape index (κ1) is 36.3. The fraction of sp³-hybridized carbons (Fsp3) is 0.920. The Balaban J connectivity index is 0. The molecule has 196 valence electrons. The molecule has 6 nitrogen and oxygen atoms in total. The Morgan fingerprint density at radius 3 is 1.47 bits per heavy atom. The van der Waals surface area contributed by atoms with Crippen molar-refractivity contribution in [1.82, 2.24) is 9.80 Å². The number of ether oxygens (including phenoxy) is 2. The molecule has 0 aliphatic carbocycles. The first-order valence-electron chi connectivity index (χ1n) is 12.2. The van der Waals surface area contributed by atoms with Crippen LogP contribution < -0.4 is 35.8 Å². The molecule has 2 aliphatic heterocycles. The molecule has 0 aromatic rings. The van der Waals surface area contributed by atoms with E-state index in [2.05, 4.69) is 36.7 Å². The zero-order chi connectivity index (χ0) is 24.7. The van der Waals surface area contributed by atoms with Crippen LogP contribution in [0.4, 0.5) is 9.59 Å². The number of halogens is 2. The van der Waals surface area contributed by atoms with Crippen LogP contribution in [0, 0.1) is 11.8 Å². The van der Waals surface area contributed by atoms with E-state index in [4.69, 9.17) is 9.47 Å². The molecule has 0 radical (unpaired) electrons. The summed E-state index contributed by atoms with van der Waals surface area (Å²) in [4.78, 5) is 27.7. The van der Waals surface area contributed by atoms with Gasteiger partial charge in [-0.05, 0) is 92.9 Å². The minimum atomic E-state index is -0.405. The largest absolute Gasteiger partial charge is 1.00 e. The molecule has 0 unspecified atom stereocenters. The number of carbonyl (C=O) groups is 2. The topological polar surface area (TPSA) is 59.1 Å². The summed E-state index contributed by atoms with van der Waals surface area (Å²) in [5.74, 6) is 1.20. The molecule has 4 atom stereocenters. The summed E-state index contributed by atoms with van der Waals surface area (Å²) in [5.41, 5.74) is -0.798. The number of amides is 2. The van der Waals surface area contributed by atoms with Gasteiger partial charge in [0.25, 0.3) is 0 Å². The number of carbonyl (C=O) groups excluding carboxylic acids is 2. The van der Waals surface area contributed by atoms with Crippen LogP contribution in [0.1, 0.15) is 94.4 Å². The Morgan fingerprint density at radius 2 is 1.15 bits per heavy atom. The van der Waals surface area contributed by atoms with Crippen LogP contribution in [0.15, 0.2) is 0 Å². The number of piperidine rings is 2. The SMILES string of the molecule is CC[C@H]1CC[C@H](C)N(C(=O)OC(C)(C)C)C1.C[C@H]1CC[C@H](CBr)CN1C(=O)OC(C)(C)C.[Br-].[Li+]. The Bertz CT molecular complexity index is 559. The van der Waals surface area contributed by atoms with Gasteiger partial charge in [0.2, 0.25) is 0 Å². The van der Waals surface area contributed by atoms with Gasteiger partial charge in [-0.3, -0.25) is 0 Å². The number of alkyl halides is 1. The van der Waals surface area contributed by atoms with Gasteiger partial charge in [-0.1, -0.05) is 29.3 Å². The predicted octanol–water partition coefficient (Wildman–Crippen LogP) is 0.857. The van der Waals surface area contributed by atoms with Crippen molar-refractivity contribution in [2.45, 2.75) is 118 Å². The second-order valence-corrected chi connectivity index (χ2v) is 12.1. The quantitative estimate of drug-likeness (QED) is 0.346. The molecular formula is C25H47Br2LiN2O4. The summed E-state index contributed by atoms with van der Waals surface area (Å²) in [5, 5.41) is 0.957. The van der Waals surface area contributed by atoms with Crippen molar-refractivity contribution in [3.05, 3.63) is 0 Å². The number of hydrogen-bond donors (Lipinski definition) is 0. The summed E-state index contributed by atoms with van der Waals surface area (Å²) in [6.45, 7) is 19.5. The fourth-order valence-corrected chi connectivity index (χ4v) is 4.50. The standard InChI is InChI=1S/C13H25NO2.C12H22BrNO2.BrH.Li/c1-6-11-8-7-10(2)14(9-11)12(15)16-13(3,4)5;1-9-5-6-10(7-13)8-14(9)11(15)16-12(2,3)4;;/h10-11H,6-9H2,1-5H3;9-10H,5-8H2,1-4H3;1H;/q;;;+1/p-1/t10-,11-;9-,10+;;/m00../s1. The first-order chi connectivity index (χ1) is 14.7. The maximum Gasteiger partial charge on any atom is 1.00 e. The predicted molar refractivity (Wildman–Crippen MR) is 134 cm³/mol. The summed E-state index contributed by atoms with van der Waals surface area (Å²) in [6, 6.07) is 0.614. The van der Waals surface area contributed by atoms with Crippen molar-refractivity contribution in [3.63, 3.8) is 0 Å². The number of hydrogen-bond acceptors (Lipinski definition) is 4. The van der Waals surface area contributed by atoms with Crippen molar-refractivity contribution in [2.24, 2.45) is 11.8 Å². The minimum absolute atomic E-state index is 0. The molecule has 0 bridgehead atoms. The zero-order valence-corrected chi connectivity index (χ0v) is 26.4. The van der Waals surface area contributed by atoms with Crippen LogP contribution in [0.25, 0.3) is 0 Å². The summed E-state index contributed by atoms with van der Waals surface area (Å²) in [7, 11) is 0. The van der Waals surface area contributed by atoms with Crippen LogP contribution in [-0.2, 0) is 9.47 Å². The Hall–Kier alpha value is 0.0974. The van der Waals surface area contributed by atoms with Crippen LogP contribution in [0.5, 0.6) is 0 Å². The number of likely N-dealkylation sites (tertiary alicyclic amines) is 2. The molecular weight excluding hydrogens is 559 g/mol. The third-order valence-corrected chi connectivity index (χ3v) is 6.93. The first-order valence-corrected chi connectivity index (χ1v) is 13.3. The molecule has 0 saturated carbocycles. The molecule has 0 N–H and O–H groups in total. The second kappa shape index (κ2) is 16.0. The van der Waals surface area contributed by atoms with E-state index in [0.717, 1.165) is 37.7 Å². The summed E-state index contributed by atoms with van der Waals surface area (Å²) in [6.07, 6.45) is 5.39. The van der Waals surface area contributed by atoms with Crippen LogP contribution in [-0.4, -0.2) is 63.7 Å². The minimum Gasteiger partial charge on any atom is -1.00 e. The van der Waals surface area contributed by atoms with E-state index < -0.39 is 11.2 Å². The van der Waals surface area contributed by atoms with Gasteiger partial charge in [-0.25, -0.2) is 9.59 Å². The van der Waals surface area contributed by atoms with E-state index in [9.17, 15) is 9.59 Å². The van der Waals surface area contributed by atoms with E-state index in [1.165, 1.54) is 12.8 Å². The fourth-order valence-electron chi connectivity index (χ4n) is 3.97. The van der Waals surface area contributed by atoms with Crippen molar-refractivity contribution in [3.8, 4) is 0 Å². The van der Waals surface area contributed by atoms with Gasteiger partial charge in [0.15, 0.2) is 0 Å². The smallest absolute Gasteiger partial charge is 1.00 e. The molecule has 2 saturated heterocycles. The van der Waals surface area contributed by atoms with Crippen molar-refractivity contribution >= 4 is 28.1 Å². The maximum atomic E-state index is 12.0. The molecule has 2 fully saturated rings. The molecule has 0 aromatic heterocycles. The monoisotopic (exact) mass is 604 g/mol. The van der Waals surface area contributed by atoms with E-state index >= 15 is 0 Å². The Morgan fingerprint density at radius 1 is 0.794 bits per heavy atom. The van der Waals surface area contributed by atoms with Crippen LogP contribution >= 0.6 is 15.9 Å². The van der Waals surface area contributed by atoms with Gasteiger partial charge in [0, 0.05) is 30.5 Å². The van der Waals surface area contributed by atoms with Crippen LogP contribution in [0.3, 0.4) is 0 Å². The normalized spacial score (nSPS) is 25.1. The molecule has 0 aromatic carbocycles. The van der Waals surface area contributed by atoms with Crippen molar-refractivity contribution in [2.75, 3.05) is 18.4 Å². The molecule has 2 rings (SSSR count).